The maximum atomic E-state index is 14.8. The van der Waals surface area contributed by atoms with Crippen LogP contribution < -0.4 is 4.74 Å². The molecule has 0 unspecified atom stereocenters. The predicted octanol–water partition coefficient (Wildman–Crippen LogP) is 10.3. The van der Waals surface area contributed by atoms with Crippen molar-refractivity contribution in [2.75, 3.05) is 0 Å². The summed E-state index contributed by atoms with van der Waals surface area (Å²) in [6.45, 7) is 2.06. The summed E-state index contributed by atoms with van der Waals surface area (Å²) < 4.78 is 143. The minimum Gasteiger partial charge on any atom is -0.429 e. The Bertz CT molecular complexity index is 1710. The molecule has 0 atom stereocenters. The van der Waals surface area contributed by atoms with E-state index in [2.05, 4.69) is 23.5 Å². The Balaban J connectivity index is 1.51. The van der Waals surface area contributed by atoms with Gasteiger partial charge in [-0.05, 0) is 60.4 Å². The Morgan fingerprint density at radius 2 is 1.36 bits per heavy atom. The molecule has 0 spiro atoms. The lowest BCUT2D eigenvalue weighted by Crippen LogP contribution is -2.24. The fraction of sp³-hybridized carbons (Fsp3) is 0.212. The molecule has 0 aliphatic carbocycles. The quantitative estimate of drug-likeness (QED) is 0.108. The molecule has 0 radical (unpaired) electrons. The lowest BCUT2D eigenvalue weighted by atomic mass is 9.99. The van der Waals surface area contributed by atoms with Gasteiger partial charge in [-0.15, -0.1) is 0 Å². The van der Waals surface area contributed by atoms with Crippen LogP contribution in [0.1, 0.15) is 54.0 Å². The van der Waals surface area contributed by atoms with Gasteiger partial charge in [0, 0.05) is 23.3 Å². The smallest absolute Gasteiger partial charge is 0.429 e. The van der Waals surface area contributed by atoms with Crippen molar-refractivity contribution in [1.29, 1.82) is 0 Å². The third-order valence-corrected chi connectivity index (χ3v) is 6.55. The highest BCUT2D eigenvalue weighted by atomic mass is 19.4. The predicted molar refractivity (Wildman–Crippen MR) is 143 cm³/mol. The van der Waals surface area contributed by atoms with Gasteiger partial charge < -0.3 is 4.74 Å². The van der Waals surface area contributed by atoms with Gasteiger partial charge in [-0.25, -0.2) is 22.0 Å². The van der Waals surface area contributed by atoms with E-state index in [-0.39, 0.29) is 34.4 Å². The Hall–Kier alpha value is -4.46. The molecule has 0 aliphatic heterocycles. The van der Waals surface area contributed by atoms with Crippen LogP contribution in [0.15, 0.2) is 66.7 Å². The number of hydrogen-bond acceptors (Lipinski definition) is 1. The Morgan fingerprint density at radius 3 is 1.95 bits per heavy atom. The number of ether oxygens (including phenoxy) is 1. The van der Waals surface area contributed by atoms with Crippen LogP contribution in [-0.4, -0.2) is 0 Å². The molecule has 0 aromatic heterocycles. The number of unbranched alkanes of at least 4 members (excludes halogenated alkanes) is 2. The van der Waals surface area contributed by atoms with Gasteiger partial charge in [0.1, 0.15) is 46.0 Å². The number of rotatable bonds is 8. The lowest BCUT2D eigenvalue weighted by Gasteiger charge is -2.20. The van der Waals surface area contributed by atoms with Crippen molar-refractivity contribution in [2.24, 2.45) is 0 Å². The van der Waals surface area contributed by atoms with Gasteiger partial charge >= 0.3 is 12.3 Å². The molecule has 0 aliphatic rings. The third-order valence-electron chi connectivity index (χ3n) is 6.55. The fourth-order valence-electron chi connectivity index (χ4n) is 4.36. The molecule has 0 fully saturated rings. The van der Waals surface area contributed by atoms with Crippen LogP contribution in [0.5, 0.6) is 5.75 Å². The first kappa shape index (κ1) is 32.5. The van der Waals surface area contributed by atoms with Gasteiger partial charge in [0.2, 0.25) is 0 Å². The molecule has 1 nitrogen and oxygen atoms in total. The van der Waals surface area contributed by atoms with Crippen molar-refractivity contribution in [3.8, 4) is 28.7 Å². The van der Waals surface area contributed by atoms with Gasteiger partial charge in [0.05, 0.1) is 5.56 Å². The van der Waals surface area contributed by atoms with E-state index < -0.39 is 58.2 Å². The number of halogens is 10. The number of alkyl halides is 5. The van der Waals surface area contributed by atoms with E-state index in [1.165, 1.54) is 18.2 Å². The van der Waals surface area contributed by atoms with Crippen molar-refractivity contribution >= 4 is 0 Å². The minimum atomic E-state index is -5.43. The van der Waals surface area contributed by atoms with Gasteiger partial charge in [-0.3, -0.25) is 0 Å². The van der Waals surface area contributed by atoms with Crippen molar-refractivity contribution in [3.05, 3.63) is 124 Å². The van der Waals surface area contributed by atoms with Crippen LogP contribution >= 0.6 is 0 Å². The molecule has 0 saturated carbocycles. The molecule has 0 bridgehead atoms. The molecule has 0 saturated heterocycles. The molecular formula is C33H22F10O. The zero-order valence-corrected chi connectivity index (χ0v) is 22.9. The first-order valence-corrected chi connectivity index (χ1v) is 13.2. The van der Waals surface area contributed by atoms with Crippen LogP contribution in [0, 0.1) is 40.9 Å². The molecule has 0 amide bonds. The normalized spacial score (nSPS) is 11.7. The van der Waals surface area contributed by atoms with Crippen molar-refractivity contribution < 1.29 is 48.6 Å². The van der Waals surface area contributed by atoms with Gasteiger partial charge in [-0.2, -0.15) is 22.0 Å². The van der Waals surface area contributed by atoms with Crippen LogP contribution in [-0.2, 0) is 18.7 Å². The van der Waals surface area contributed by atoms with Gasteiger partial charge in [0.15, 0.2) is 0 Å². The summed E-state index contributed by atoms with van der Waals surface area (Å²) in [5, 5.41) is 0. The third kappa shape index (κ3) is 7.54. The molecule has 4 aromatic carbocycles. The zero-order chi connectivity index (χ0) is 32.2. The van der Waals surface area contributed by atoms with Crippen LogP contribution in [0.3, 0.4) is 0 Å². The summed E-state index contributed by atoms with van der Waals surface area (Å²) in [6.07, 6.45) is -6.29. The SMILES string of the molecule is CCCCCc1ccc(-c2ccc(C#Cc3ccc(C(F)(F)Oc4cc(F)c(C(F)(F)F)c(F)c4)c(F)c3)c(F)c2)c(F)c1. The molecular weight excluding hydrogens is 602 g/mol. The average Bonchev–Trinajstić information content (AvgIpc) is 2.91. The summed E-state index contributed by atoms with van der Waals surface area (Å²) in [5.41, 5.74) is -2.74. The van der Waals surface area contributed by atoms with Crippen molar-refractivity contribution in [1.82, 2.24) is 0 Å². The largest absolute Gasteiger partial charge is 0.429 e. The summed E-state index contributed by atoms with van der Waals surface area (Å²) in [7, 11) is 0. The highest BCUT2D eigenvalue weighted by Crippen LogP contribution is 2.38. The van der Waals surface area contributed by atoms with Crippen molar-refractivity contribution in [3.63, 3.8) is 0 Å². The first-order chi connectivity index (χ1) is 20.7. The Labute approximate surface area is 246 Å². The van der Waals surface area contributed by atoms with Crippen molar-refractivity contribution in [2.45, 2.75) is 44.9 Å². The van der Waals surface area contributed by atoms with Crippen LogP contribution in [0.2, 0.25) is 0 Å². The highest BCUT2D eigenvalue weighted by Gasteiger charge is 2.41. The fourth-order valence-corrected chi connectivity index (χ4v) is 4.36. The first-order valence-electron chi connectivity index (χ1n) is 13.2. The molecule has 44 heavy (non-hydrogen) atoms. The monoisotopic (exact) mass is 624 g/mol. The summed E-state index contributed by atoms with van der Waals surface area (Å²) in [5.74, 6) is -3.76. The van der Waals surface area contributed by atoms with Gasteiger partial charge in [0.25, 0.3) is 0 Å². The van der Waals surface area contributed by atoms with Crippen LogP contribution in [0.25, 0.3) is 11.1 Å². The second-order valence-electron chi connectivity index (χ2n) is 9.79. The van der Waals surface area contributed by atoms with E-state index in [1.54, 1.807) is 12.1 Å². The van der Waals surface area contributed by atoms with Crippen LogP contribution in [0.4, 0.5) is 43.9 Å². The number of aryl methyl sites for hydroxylation is 1. The highest BCUT2D eigenvalue weighted by molar-refractivity contribution is 5.66. The molecule has 0 heterocycles. The van der Waals surface area contributed by atoms with Gasteiger partial charge in [-0.1, -0.05) is 49.8 Å². The Morgan fingerprint density at radius 1 is 0.659 bits per heavy atom. The summed E-state index contributed by atoms with van der Waals surface area (Å²) in [6, 6.07) is 10.4. The van der Waals surface area contributed by atoms with E-state index in [0.717, 1.165) is 43.4 Å². The van der Waals surface area contributed by atoms with E-state index >= 15 is 0 Å². The maximum Gasteiger partial charge on any atom is 0.429 e. The maximum absolute atomic E-state index is 14.8. The molecule has 0 N–H and O–H groups in total. The zero-order valence-electron chi connectivity index (χ0n) is 22.9. The van der Waals surface area contributed by atoms with E-state index in [9.17, 15) is 43.9 Å². The topological polar surface area (TPSA) is 9.23 Å². The Kier molecular flexibility index (Phi) is 9.62. The summed E-state index contributed by atoms with van der Waals surface area (Å²) >= 11 is 0. The van der Waals surface area contributed by atoms with E-state index in [0.29, 0.717) is 12.1 Å². The average molecular weight is 625 g/mol. The number of hydrogen-bond donors (Lipinski definition) is 0. The van der Waals surface area contributed by atoms with E-state index in [1.807, 2.05) is 0 Å². The molecule has 11 heteroatoms. The second-order valence-corrected chi connectivity index (χ2v) is 9.79. The van der Waals surface area contributed by atoms with E-state index in [4.69, 9.17) is 0 Å². The molecule has 230 valence electrons. The second kappa shape index (κ2) is 13.0. The molecule has 4 rings (SSSR count). The molecule has 4 aromatic rings. The minimum absolute atomic E-state index is 0.102. The summed E-state index contributed by atoms with van der Waals surface area (Å²) in [4.78, 5) is 0. The number of benzene rings is 4. The lowest BCUT2D eigenvalue weighted by molar-refractivity contribution is -0.187. The standard InChI is InChI=1S/C33H22F10O/c1-2-3-4-5-19-7-12-24(27(35)14-19)22-11-10-21(26(34)16-22)9-6-20-8-13-25(28(36)15-20)33(42,43)44-23-17-29(37)31(30(38)18-23)32(39,40)41/h7-8,10-18H,2-5H2,1H3.